The summed E-state index contributed by atoms with van der Waals surface area (Å²) in [7, 11) is 0. The Morgan fingerprint density at radius 1 is 0.487 bits per heavy atom. The molecule has 0 amide bonds. The quantitative estimate of drug-likeness (QED) is 0.227. The summed E-state index contributed by atoms with van der Waals surface area (Å²) >= 11 is 6.37. The summed E-state index contributed by atoms with van der Waals surface area (Å²) in [5, 5.41) is 5.27. The maximum absolute atomic E-state index is 6.52. The summed E-state index contributed by atoms with van der Waals surface area (Å²) < 4.78 is 8.88. The maximum Gasteiger partial charge on any atom is 0.143 e. The standard InChI is InChI=1S/C36H22ClNO/c37-26-17-18-30-32-22-27(38-33-15-6-4-13-28(33)29-14-5-7-16-34(29)38)21-31(36(32)39-35(30)20-26)25-12-8-11-24(19-25)23-9-2-1-3-10-23/h1-22H. The van der Waals surface area contributed by atoms with Crippen LogP contribution in [0, 0.1) is 0 Å². The van der Waals surface area contributed by atoms with Gasteiger partial charge >= 0.3 is 0 Å². The van der Waals surface area contributed by atoms with Gasteiger partial charge in [0.25, 0.3) is 0 Å². The Balaban J connectivity index is 1.48. The molecule has 0 aliphatic rings. The lowest BCUT2D eigenvalue weighted by Crippen LogP contribution is -1.95. The van der Waals surface area contributed by atoms with Crippen molar-refractivity contribution in [3.05, 3.63) is 138 Å². The van der Waals surface area contributed by atoms with Crippen LogP contribution in [-0.2, 0) is 0 Å². The number of para-hydroxylation sites is 2. The van der Waals surface area contributed by atoms with E-state index in [1.54, 1.807) is 0 Å². The van der Waals surface area contributed by atoms with Crippen molar-refractivity contribution in [2.24, 2.45) is 0 Å². The molecule has 8 rings (SSSR count). The van der Waals surface area contributed by atoms with Crippen molar-refractivity contribution in [2.45, 2.75) is 0 Å². The van der Waals surface area contributed by atoms with Gasteiger partial charge < -0.3 is 8.98 Å². The zero-order valence-electron chi connectivity index (χ0n) is 20.9. The van der Waals surface area contributed by atoms with E-state index in [0.29, 0.717) is 5.02 Å². The highest BCUT2D eigenvalue weighted by Crippen LogP contribution is 2.41. The summed E-state index contributed by atoms with van der Waals surface area (Å²) in [5.41, 5.74) is 9.62. The van der Waals surface area contributed by atoms with Crippen molar-refractivity contribution in [1.29, 1.82) is 0 Å². The van der Waals surface area contributed by atoms with Crippen LogP contribution >= 0.6 is 11.6 Å². The Labute approximate surface area is 230 Å². The number of furan rings is 1. The fourth-order valence-electron chi connectivity index (χ4n) is 5.88. The van der Waals surface area contributed by atoms with Crippen molar-refractivity contribution >= 4 is 55.3 Å². The summed E-state index contributed by atoms with van der Waals surface area (Å²) in [6.45, 7) is 0. The van der Waals surface area contributed by atoms with Gasteiger partial charge in [0.2, 0.25) is 0 Å². The number of hydrogen-bond acceptors (Lipinski definition) is 1. The van der Waals surface area contributed by atoms with Gasteiger partial charge in [0.1, 0.15) is 11.2 Å². The molecule has 3 heteroatoms. The Kier molecular flexibility index (Phi) is 4.91. The van der Waals surface area contributed by atoms with Crippen LogP contribution in [0.25, 0.3) is 71.7 Å². The van der Waals surface area contributed by atoms with Gasteiger partial charge in [-0.05, 0) is 59.2 Å². The van der Waals surface area contributed by atoms with E-state index < -0.39 is 0 Å². The molecule has 184 valence electrons. The molecule has 2 heterocycles. The molecule has 39 heavy (non-hydrogen) atoms. The van der Waals surface area contributed by atoms with Crippen LogP contribution in [0.4, 0.5) is 0 Å². The molecule has 2 nitrogen and oxygen atoms in total. The minimum atomic E-state index is 0.664. The fourth-order valence-corrected chi connectivity index (χ4v) is 6.04. The van der Waals surface area contributed by atoms with Crippen molar-refractivity contribution in [3.63, 3.8) is 0 Å². The normalized spacial score (nSPS) is 11.7. The van der Waals surface area contributed by atoms with Gasteiger partial charge in [0.05, 0.1) is 11.0 Å². The number of aromatic nitrogens is 1. The van der Waals surface area contributed by atoms with Crippen LogP contribution in [0.15, 0.2) is 138 Å². The number of halogens is 1. The molecule has 0 saturated carbocycles. The van der Waals surface area contributed by atoms with Crippen LogP contribution in [0.2, 0.25) is 5.02 Å². The van der Waals surface area contributed by atoms with E-state index in [-0.39, 0.29) is 0 Å². The van der Waals surface area contributed by atoms with Crippen LogP contribution < -0.4 is 0 Å². The number of fused-ring (bicyclic) bond motifs is 6. The molecule has 0 saturated heterocycles. The highest BCUT2D eigenvalue weighted by molar-refractivity contribution is 6.31. The van der Waals surface area contributed by atoms with Gasteiger partial charge in [-0.2, -0.15) is 0 Å². The van der Waals surface area contributed by atoms with Crippen molar-refractivity contribution < 1.29 is 4.42 Å². The second-order valence-corrected chi connectivity index (χ2v) is 10.4. The third-order valence-electron chi connectivity index (χ3n) is 7.64. The van der Waals surface area contributed by atoms with Gasteiger partial charge in [-0.3, -0.25) is 0 Å². The van der Waals surface area contributed by atoms with Gasteiger partial charge in [0, 0.05) is 43.9 Å². The van der Waals surface area contributed by atoms with Crippen molar-refractivity contribution in [3.8, 4) is 27.9 Å². The third-order valence-corrected chi connectivity index (χ3v) is 7.87. The zero-order chi connectivity index (χ0) is 25.9. The maximum atomic E-state index is 6.52. The average molecular weight is 520 g/mol. The summed E-state index contributed by atoms with van der Waals surface area (Å²) in [6.07, 6.45) is 0. The lowest BCUT2D eigenvalue weighted by Gasteiger charge is -2.12. The number of nitrogens with zero attached hydrogens (tertiary/aromatic N) is 1. The molecule has 0 spiro atoms. The molecule has 2 aromatic heterocycles. The Bertz CT molecular complexity index is 2130. The first-order chi connectivity index (χ1) is 19.2. The topological polar surface area (TPSA) is 18.1 Å². The number of rotatable bonds is 3. The van der Waals surface area contributed by atoms with E-state index in [1.165, 1.54) is 32.9 Å². The Morgan fingerprint density at radius 2 is 1.15 bits per heavy atom. The van der Waals surface area contributed by atoms with Gasteiger partial charge in [0.15, 0.2) is 0 Å². The number of benzene rings is 6. The molecular formula is C36H22ClNO. The Morgan fingerprint density at radius 3 is 1.92 bits per heavy atom. The molecule has 0 fully saturated rings. The van der Waals surface area contributed by atoms with E-state index in [4.69, 9.17) is 16.0 Å². The lowest BCUT2D eigenvalue weighted by atomic mass is 9.97. The molecule has 0 aliphatic carbocycles. The predicted molar refractivity (Wildman–Crippen MR) is 164 cm³/mol. The molecule has 0 bridgehead atoms. The summed E-state index contributed by atoms with van der Waals surface area (Å²) in [5.74, 6) is 0. The van der Waals surface area contributed by atoms with E-state index in [0.717, 1.165) is 38.8 Å². The highest BCUT2D eigenvalue weighted by atomic mass is 35.5. The van der Waals surface area contributed by atoms with E-state index in [2.05, 4.69) is 120 Å². The van der Waals surface area contributed by atoms with Gasteiger partial charge in [-0.1, -0.05) is 96.5 Å². The number of hydrogen-bond donors (Lipinski definition) is 0. The van der Waals surface area contributed by atoms with Crippen LogP contribution in [0.5, 0.6) is 0 Å². The molecule has 8 aromatic rings. The third kappa shape index (κ3) is 3.49. The van der Waals surface area contributed by atoms with Crippen molar-refractivity contribution in [1.82, 2.24) is 4.57 Å². The largest absolute Gasteiger partial charge is 0.455 e. The molecule has 0 unspecified atom stereocenters. The van der Waals surface area contributed by atoms with Crippen molar-refractivity contribution in [2.75, 3.05) is 0 Å². The van der Waals surface area contributed by atoms with Crippen LogP contribution in [0.1, 0.15) is 0 Å². The first-order valence-corrected chi connectivity index (χ1v) is 13.4. The predicted octanol–water partition coefficient (Wildman–Crippen LogP) is 10.7. The zero-order valence-corrected chi connectivity index (χ0v) is 21.7. The van der Waals surface area contributed by atoms with E-state index in [9.17, 15) is 0 Å². The second-order valence-electron chi connectivity index (χ2n) is 9.93. The smallest absolute Gasteiger partial charge is 0.143 e. The second kappa shape index (κ2) is 8.62. The minimum absolute atomic E-state index is 0.664. The Hall–Kier alpha value is -4.79. The van der Waals surface area contributed by atoms with E-state index in [1.807, 2.05) is 18.2 Å². The minimum Gasteiger partial charge on any atom is -0.455 e. The molecular weight excluding hydrogens is 498 g/mol. The first-order valence-electron chi connectivity index (χ1n) is 13.0. The highest BCUT2D eigenvalue weighted by Gasteiger charge is 2.18. The molecule has 0 N–H and O–H groups in total. The first kappa shape index (κ1) is 22.2. The molecule has 0 atom stereocenters. The summed E-state index contributed by atoms with van der Waals surface area (Å²) in [4.78, 5) is 0. The fraction of sp³-hybridized carbons (Fsp3) is 0. The SMILES string of the molecule is Clc1ccc2c(c1)oc1c(-c3cccc(-c4ccccc4)c3)cc(-n3c4ccccc4c4ccccc43)cc12. The monoisotopic (exact) mass is 519 g/mol. The molecule has 0 aliphatic heterocycles. The van der Waals surface area contributed by atoms with Gasteiger partial charge in [-0.15, -0.1) is 0 Å². The van der Waals surface area contributed by atoms with Crippen LogP contribution in [0.3, 0.4) is 0 Å². The van der Waals surface area contributed by atoms with E-state index >= 15 is 0 Å². The van der Waals surface area contributed by atoms with Gasteiger partial charge in [-0.25, -0.2) is 0 Å². The molecule has 6 aromatic carbocycles. The molecule has 0 radical (unpaired) electrons. The summed E-state index contributed by atoms with van der Waals surface area (Å²) in [6, 6.07) is 46.8. The van der Waals surface area contributed by atoms with Crippen LogP contribution in [-0.4, -0.2) is 4.57 Å². The lowest BCUT2D eigenvalue weighted by molar-refractivity contribution is 0.670. The average Bonchev–Trinajstić information content (AvgIpc) is 3.52.